The molecule has 41 heavy (non-hydrogen) atoms. The summed E-state index contributed by atoms with van der Waals surface area (Å²) in [4.78, 5) is 51.3. The number of piperidine rings is 1. The van der Waals surface area contributed by atoms with E-state index in [1.54, 1.807) is 18.5 Å². The van der Waals surface area contributed by atoms with Crippen molar-refractivity contribution in [2.24, 2.45) is 7.05 Å². The minimum atomic E-state index is -0.604. The number of hydrogen-bond acceptors (Lipinski definition) is 7. The lowest BCUT2D eigenvalue weighted by atomic mass is 10.1. The number of alkyl carbamates (subject to hydrolysis) is 1. The molecular formula is C30H35N7O4. The second kappa shape index (κ2) is 11.1. The summed E-state index contributed by atoms with van der Waals surface area (Å²) in [7, 11) is 1.57. The van der Waals surface area contributed by atoms with Gasteiger partial charge in [0.15, 0.2) is 5.52 Å². The third-order valence-electron chi connectivity index (χ3n) is 7.05. The number of carbonyl (C=O) groups excluding carboxylic acids is 1. The third-order valence-corrected chi connectivity index (χ3v) is 7.05. The number of benzene rings is 1. The fourth-order valence-electron chi connectivity index (χ4n) is 5.16. The highest BCUT2D eigenvalue weighted by Gasteiger charge is 2.29. The molecule has 1 amide bonds. The van der Waals surface area contributed by atoms with Crippen LogP contribution >= 0.6 is 0 Å². The zero-order valence-corrected chi connectivity index (χ0v) is 24.1. The maximum atomic E-state index is 14.0. The van der Waals surface area contributed by atoms with Crippen molar-refractivity contribution in [1.29, 1.82) is 0 Å². The number of hydrogen-bond donors (Lipinski definition) is 1. The first-order chi connectivity index (χ1) is 19.6. The predicted molar refractivity (Wildman–Crippen MR) is 158 cm³/mol. The Morgan fingerprint density at radius 2 is 1.90 bits per heavy atom. The molecule has 0 radical (unpaired) electrons. The van der Waals surface area contributed by atoms with Crippen LogP contribution in [0.5, 0.6) is 0 Å². The standard InChI is InChI=1S/C30H35N7O4/c1-6-7-17-36-25-24(33-28(36)35-16-10-12-21(18-35)32-29(40)41-30(2,3)4)26(38)34(5)37(27(25)39)19-22-15-14-20-11-8-9-13-23(20)31-22/h8-9,11,13-15,21H,10,12,16-19H2,1-5H3,(H,32,40). The molecule has 4 aromatic rings. The van der Waals surface area contributed by atoms with Gasteiger partial charge in [-0.15, -0.1) is 5.92 Å². The lowest BCUT2D eigenvalue weighted by molar-refractivity contribution is 0.0499. The molecule has 0 aliphatic carbocycles. The number of nitrogens with one attached hydrogen (secondary N) is 1. The monoisotopic (exact) mass is 557 g/mol. The first-order valence-electron chi connectivity index (χ1n) is 13.7. The maximum absolute atomic E-state index is 14.0. The first kappa shape index (κ1) is 28.0. The highest BCUT2D eigenvalue weighted by Crippen LogP contribution is 2.23. The van der Waals surface area contributed by atoms with Gasteiger partial charge in [0.2, 0.25) is 5.95 Å². The van der Waals surface area contributed by atoms with Crippen LogP contribution in [0.25, 0.3) is 21.9 Å². The summed E-state index contributed by atoms with van der Waals surface area (Å²) in [5.74, 6) is 6.39. The SMILES string of the molecule is CC#CCn1c(N2CCCC(NC(=O)OC(C)(C)C)C2)nc2c(=O)n(C)n(Cc3ccc4ccccc4n3)c(=O)c21. The van der Waals surface area contributed by atoms with Crippen molar-refractivity contribution in [3.63, 3.8) is 0 Å². The molecule has 11 nitrogen and oxygen atoms in total. The molecule has 1 fully saturated rings. The summed E-state index contributed by atoms with van der Waals surface area (Å²) in [5, 5.41) is 3.94. The number of pyridine rings is 1. The Morgan fingerprint density at radius 1 is 1.12 bits per heavy atom. The third kappa shape index (κ3) is 5.82. The molecule has 3 aromatic heterocycles. The van der Waals surface area contributed by atoms with E-state index in [1.807, 2.05) is 62.1 Å². The van der Waals surface area contributed by atoms with Gasteiger partial charge in [-0.2, -0.15) is 0 Å². The van der Waals surface area contributed by atoms with Crippen molar-refractivity contribution in [3.05, 3.63) is 62.8 Å². The van der Waals surface area contributed by atoms with Crippen molar-refractivity contribution in [2.45, 2.75) is 65.3 Å². The van der Waals surface area contributed by atoms with Crippen molar-refractivity contribution in [1.82, 2.24) is 29.2 Å². The summed E-state index contributed by atoms with van der Waals surface area (Å²) in [6.45, 7) is 8.61. The molecule has 5 rings (SSSR count). The summed E-state index contributed by atoms with van der Waals surface area (Å²) in [5.41, 5.74) is 0.429. The van der Waals surface area contributed by atoms with Crippen molar-refractivity contribution >= 4 is 34.0 Å². The van der Waals surface area contributed by atoms with E-state index in [-0.39, 0.29) is 41.3 Å². The van der Waals surface area contributed by atoms with Crippen LogP contribution in [0.2, 0.25) is 0 Å². The van der Waals surface area contributed by atoms with Crippen molar-refractivity contribution in [2.75, 3.05) is 18.0 Å². The summed E-state index contributed by atoms with van der Waals surface area (Å²) in [6.07, 6.45) is 1.09. The van der Waals surface area contributed by atoms with Crippen LogP contribution in [-0.4, -0.2) is 54.7 Å². The number of ether oxygens (including phenoxy) is 1. The molecule has 0 spiro atoms. The Bertz CT molecular complexity index is 1800. The Kier molecular flexibility index (Phi) is 7.58. The number of para-hydroxylation sites is 1. The van der Waals surface area contributed by atoms with Gasteiger partial charge in [0, 0.05) is 31.6 Å². The fourth-order valence-corrected chi connectivity index (χ4v) is 5.16. The molecule has 1 aliphatic heterocycles. The van der Waals surface area contributed by atoms with Crippen LogP contribution in [0.15, 0.2) is 46.0 Å². The lowest BCUT2D eigenvalue weighted by Crippen LogP contribution is -2.49. The van der Waals surface area contributed by atoms with Crippen LogP contribution in [0.4, 0.5) is 10.7 Å². The van der Waals surface area contributed by atoms with Gasteiger partial charge in [-0.1, -0.05) is 30.2 Å². The zero-order chi connectivity index (χ0) is 29.3. The first-order valence-corrected chi connectivity index (χ1v) is 13.7. The molecule has 214 valence electrons. The fraction of sp³-hybridized carbons (Fsp3) is 0.433. The number of imidazole rings is 1. The van der Waals surface area contributed by atoms with E-state index < -0.39 is 11.7 Å². The second-order valence-electron chi connectivity index (χ2n) is 11.2. The quantitative estimate of drug-likeness (QED) is 0.375. The average Bonchev–Trinajstić information content (AvgIpc) is 3.32. The van der Waals surface area contributed by atoms with E-state index >= 15 is 0 Å². The van der Waals surface area contributed by atoms with Crippen molar-refractivity contribution < 1.29 is 9.53 Å². The minimum Gasteiger partial charge on any atom is -0.444 e. The molecule has 1 unspecified atom stereocenters. The topological polar surface area (TPSA) is 116 Å². The Balaban J connectivity index is 1.54. The Labute approximate surface area is 237 Å². The van der Waals surface area contributed by atoms with Gasteiger partial charge in [-0.25, -0.2) is 19.1 Å². The molecule has 4 heterocycles. The summed E-state index contributed by atoms with van der Waals surface area (Å²) < 4.78 is 9.85. The number of carbonyl (C=O) groups is 1. The maximum Gasteiger partial charge on any atom is 0.407 e. The van der Waals surface area contributed by atoms with Crippen LogP contribution in [0.3, 0.4) is 0 Å². The van der Waals surface area contributed by atoms with Gasteiger partial charge in [0.1, 0.15) is 11.1 Å². The number of nitrogens with zero attached hydrogens (tertiary/aromatic N) is 6. The van der Waals surface area contributed by atoms with Gasteiger partial charge in [0.05, 0.1) is 24.3 Å². The van der Waals surface area contributed by atoms with Gasteiger partial charge < -0.3 is 15.0 Å². The van der Waals surface area contributed by atoms with E-state index in [1.165, 1.54) is 9.36 Å². The smallest absolute Gasteiger partial charge is 0.407 e. The van der Waals surface area contributed by atoms with Crippen LogP contribution in [-0.2, 0) is 24.9 Å². The highest BCUT2D eigenvalue weighted by atomic mass is 16.6. The Hall–Kier alpha value is -4.59. The van der Waals surface area contributed by atoms with E-state index in [2.05, 4.69) is 22.1 Å². The predicted octanol–water partition coefficient (Wildman–Crippen LogP) is 3.01. The van der Waals surface area contributed by atoms with Crippen molar-refractivity contribution in [3.8, 4) is 11.8 Å². The molecule has 1 aliphatic rings. The van der Waals surface area contributed by atoms with E-state index in [0.717, 1.165) is 23.7 Å². The van der Waals surface area contributed by atoms with Crippen LogP contribution in [0.1, 0.15) is 46.2 Å². The largest absolute Gasteiger partial charge is 0.444 e. The molecule has 0 saturated carbocycles. The van der Waals surface area contributed by atoms with E-state index in [9.17, 15) is 14.4 Å². The summed E-state index contributed by atoms with van der Waals surface area (Å²) in [6, 6.07) is 11.4. The van der Waals surface area contributed by atoms with Gasteiger partial charge >= 0.3 is 6.09 Å². The number of fused-ring (bicyclic) bond motifs is 2. The minimum absolute atomic E-state index is 0.0929. The lowest BCUT2D eigenvalue weighted by Gasteiger charge is -2.34. The van der Waals surface area contributed by atoms with Crippen LogP contribution in [0, 0.1) is 11.8 Å². The zero-order valence-electron chi connectivity index (χ0n) is 24.1. The molecule has 1 saturated heterocycles. The van der Waals surface area contributed by atoms with Crippen LogP contribution < -0.4 is 21.3 Å². The molecule has 1 N–H and O–H groups in total. The normalized spacial score (nSPS) is 15.5. The van der Waals surface area contributed by atoms with E-state index in [4.69, 9.17) is 9.72 Å². The average molecular weight is 558 g/mol. The Morgan fingerprint density at radius 3 is 2.66 bits per heavy atom. The highest BCUT2D eigenvalue weighted by molar-refractivity contribution is 5.79. The molecular weight excluding hydrogens is 522 g/mol. The number of aromatic nitrogens is 5. The van der Waals surface area contributed by atoms with Gasteiger partial charge in [-0.3, -0.25) is 19.1 Å². The second-order valence-corrected chi connectivity index (χ2v) is 11.2. The van der Waals surface area contributed by atoms with E-state index in [0.29, 0.717) is 24.7 Å². The number of rotatable bonds is 5. The number of amides is 1. The molecule has 0 bridgehead atoms. The summed E-state index contributed by atoms with van der Waals surface area (Å²) >= 11 is 0. The molecule has 11 heteroatoms. The number of anilines is 1. The van der Waals surface area contributed by atoms with Gasteiger partial charge in [0.25, 0.3) is 11.1 Å². The molecule has 1 atom stereocenters. The molecule has 1 aromatic carbocycles. The van der Waals surface area contributed by atoms with Gasteiger partial charge in [-0.05, 0) is 52.7 Å².